The summed E-state index contributed by atoms with van der Waals surface area (Å²) in [6.45, 7) is 3.42. The van der Waals surface area contributed by atoms with E-state index in [1.807, 2.05) is 13.8 Å². The first kappa shape index (κ1) is 19.2. The lowest BCUT2D eigenvalue weighted by Gasteiger charge is -2.36. The lowest BCUT2D eigenvalue weighted by atomic mass is 9.73. The van der Waals surface area contributed by atoms with Gasteiger partial charge in [-0.15, -0.1) is 0 Å². The van der Waals surface area contributed by atoms with E-state index in [-0.39, 0.29) is 11.8 Å². The third kappa shape index (κ3) is 3.93. The minimum Gasteiger partial charge on any atom is -0.480 e. The Bertz CT molecular complexity index is 564. The molecule has 8 heteroatoms. The summed E-state index contributed by atoms with van der Waals surface area (Å²) in [5.41, 5.74) is -0.913. The maximum atomic E-state index is 12.8. The number of carbonyl (C=O) groups excluding carboxylic acids is 3. The smallest absolute Gasteiger partial charge is 0.326 e. The summed E-state index contributed by atoms with van der Waals surface area (Å²) < 4.78 is 0. The van der Waals surface area contributed by atoms with Gasteiger partial charge in [0.25, 0.3) is 5.91 Å². The molecule has 140 valence electrons. The number of nitrogens with zero attached hydrogens (tertiary/aromatic N) is 1. The van der Waals surface area contributed by atoms with E-state index >= 15 is 0 Å². The van der Waals surface area contributed by atoms with Crippen LogP contribution in [0.2, 0.25) is 0 Å². The Morgan fingerprint density at radius 1 is 1.40 bits per heavy atom. The highest BCUT2D eigenvalue weighted by Crippen LogP contribution is 2.38. The minimum absolute atomic E-state index is 0.0158. The van der Waals surface area contributed by atoms with Crippen molar-refractivity contribution < 1.29 is 24.3 Å². The van der Waals surface area contributed by atoms with Gasteiger partial charge in [-0.3, -0.25) is 14.5 Å². The molecule has 3 N–H and O–H groups in total. The SMILES string of the molecule is CCCC[C@H](NC(=O)CN1C(=O)NC2(CCCCC2C)C1=O)C(=O)O. The molecule has 1 heterocycles. The fraction of sp³-hybridized carbons (Fsp3) is 0.765. The van der Waals surface area contributed by atoms with E-state index in [2.05, 4.69) is 10.6 Å². The molecule has 1 aliphatic heterocycles. The van der Waals surface area contributed by atoms with Crippen LogP contribution >= 0.6 is 0 Å². The summed E-state index contributed by atoms with van der Waals surface area (Å²) in [6, 6.07) is -1.58. The molecule has 2 unspecified atom stereocenters. The summed E-state index contributed by atoms with van der Waals surface area (Å²) >= 11 is 0. The Kier molecular flexibility index (Phi) is 6.02. The van der Waals surface area contributed by atoms with Crippen LogP contribution in [-0.4, -0.2) is 51.9 Å². The molecule has 1 saturated heterocycles. The second-order valence-corrected chi connectivity index (χ2v) is 7.04. The van der Waals surface area contributed by atoms with E-state index in [9.17, 15) is 24.3 Å². The molecular formula is C17H27N3O5. The summed E-state index contributed by atoms with van der Waals surface area (Å²) in [5.74, 6) is -2.11. The summed E-state index contributed by atoms with van der Waals surface area (Å²) in [6.07, 6.45) is 5.10. The van der Waals surface area contributed by atoms with Crippen molar-refractivity contribution in [1.82, 2.24) is 15.5 Å². The first-order chi connectivity index (χ1) is 11.8. The number of nitrogens with one attached hydrogen (secondary N) is 2. The van der Waals surface area contributed by atoms with Crippen LogP contribution in [0.15, 0.2) is 0 Å². The third-order valence-corrected chi connectivity index (χ3v) is 5.28. The number of hydrogen-bond donors (Lipinski definition) is 3. The zero-order chi connectivity index (χ0) is 18.6. The van der Waals surface area contributed by atoms with Crippen molar-refractivity contribution in [2.45, 2.75) is 70.4 Å². The molecule has 0 aromatic carbocycles. The van der Waals surface area contributed by atoms with E-state index in [0.29, 0.717) is 19.3 Å². The van der Waals surface area contributed by atoms with Gasteiger partial charge in [0.05, 0.1) is 0 Å². The standard InChI is InChI=1S/C17H27N3O5/c1-3-4-8-12(14(22)23)18-13(21)10-20-15(24)17(19-16(20)25)9-6-5-7-11(17)2/h11-12H,3-10H2,1-2H3,(H,18,21)(H,19,25)(H,22,23)/t11?,12-,17?/m0/s1. The van der Waals surface area contributed by atoms with Crippen LogP contribution in [0.25, 0.3) is 0 Å². The van der Waals surface area contributed by atoms with Crippen molar-refractivity contribution in [2.24, 2.45) is 5.92 Å². The molecule has 2 fully saturated rings. The Morgan fingerprint density at radius 3 is 2.72 bits per heavy atom. The van der Waals surface area contributed by atoms with E-state index in [4.69, 9.17) is 0 Å². The molecule has 0 aromatic heterocycles. The molecule has 4 amide bonds. The predicted octanol–water partition coefficient (Wildman–Crippen LogP) is 1.25. The second kappa shape index (κ2) is 7.84. The molecule has 8 nitrogen and oxygen atoms in total. The zero-order valence-electron chi connectivity index (χ0n) is 14.8. The zero-order valence-corrected chi connectivity index (χ0v) is 14.8. The monoisotopic (exact) mass is 353 g/mol. The van der Waals surface area contributed by atoms with Crippen LogP contribution in [0.3, 0.4) is 0 Å². The quantitative estimate of drug-likeness (QED) is 0.596. The van der Waals surface area contributed by atoms with E-state index in [0.717, 1.165) is 30.6 Å². The highest BCUT2D eigenvalue weighted by atomic mass is 16.4. The number of carbonyl (C=O) groups is 4. The molecule has 2 aliphatic rings. The first-order valence-corrected chi connectivity index (χ1v) is 8.98. The van der Waals surface area contributed by atoms with Crippen molar-refractivity contribution >= 4 is 23.8 Å². The molecule has 1 spiro atoms. The number of amides is 4. The van der Waals surface area contributed by atoms with E-state index in [1.165, 1.54) is 0 Å². The number of urea groups is 1. The normalized spacial score (nSPS) is 27.3. The van der Waals surface area contributed by atoms with Gasteiger partial charge in [0.1, 0.15) is 18.1 Å². The van der Waals surface area contributed by atoms with Gasteiger partial charge in [0.15, 0.2) is 0 Å². The molecule has 1 saturated carbocycles. The van der Waals surface area contributed by atoms with Crippen LogP contribution in [0.1, 0.15) is 58.8 Å². The fourth-order valence-electron chi connectivity index (χ4n) is 3.69. The number of rotatable bonds is 7. The molecule has 0 radical (unpaired) electrons. The van der Waals surface area contributed by atoms with Crippen LogP contribution in [0, 0.1) is 5.92 Å². The van der Waals surface area contributed by atoms with Gasteiger partial charge in [-0.2, -0.15) is 0 Å². The topological polar surface area (TPSA) is 116 Å². The number of unbranched alkanes of at least 4 members (excludes halogenated alkanes) is 1. The number of carboxylic acid groups (broad SMARTS) is 1. The average molecular weight is 353 g/mol. The van der Waals surface area contributed by atoms with E-state index < -0.39 is 36.0 Å². The number of carboxylic acids is 1. The lowest BCUT2D eigenvalue weighted by Crippen LogP contribution is -2.54. The highest BCUT2D eigenvalue weighted by molar-refractivity contribution is 6.09. The van der Waals surface area contributed by atoms with Gasteiger partial charge < -0.3 is 15.7 Å². The van der Waals surface area contributed by atoms with Crippen molar-refractivity contribution in [3.63, 3.8) is 0 Å². The van der Waals surface area contributed by atoms with Crippen LogP contribution < -0.4 is 10.6 Å². The van der Waals surface area contributed by atoms with Crippen molar-refractivity contribution in [1.29, 1.82) is 0 Å². The molecule has 3 atom stereocenters. The third-order valence-electron chi connectivity index (χ3n) is 5.28. The molecule has 0 aromatic rings. The number of aliphatic carboxylic acids is 1. The van der Waals surface area contributed by atoms with Crippen LogP contribution in [0.5, 0.6) is 0 Å². The number of hydrogen-bond acceptors (Lipinski definition) is 4. The fourth-order valence-corrected chi connectivity index (χ4v) is 3.69. The van der Waals surface area contributed by atoms with Crippen LogP contribution in [-0.2, 0) is 14.4 Å². The molecular weight excluding hydrogens is 326 g/mol. The first-order valence-electron chi connectivity index (χ1n) is 8.98. The summed E-state index contributed by atoms with van der Waals surface area (Å²) in [7, 11) is 0. The molecule has 0 bridgehead atoms. The van der Waals surface area contributed by atoms with E-state index in [1.54, 1.807) is 0 Å². The Labute approximate surface area is 147 Å². The largest absolute Gasteiger partial charge is 0.480 e. The summed E-state index contributed by atoms with van der Waals surface area (Å²) in [5, 5.41) is 14.4. The average Bonchev–Trinajstić information content (AvgIpc) is 2.79. The van der Waals surface area contributed by atoms with Gasteiger partial charge in [0.2, 0.25) is 5.91 Å². The Morgan fingerprint density at radius 2 is 2.12 bits per heavy atom. The Hall–Kier alpha value is -2.12. The Balaban J connectivity index is 2.01. The van der Waals surface area contributed by atoms with Gasteiger partial charge >= 0.3 is 12.0 Å². The maximum absolute atomic E-state index is 12.8. The molecule has 25 heavy (non-hydrogen) atoms. The van der Waals surface area contributed by atoms with Crippen molar-refractivity contribution in [2.75, 3.05) is 6.54 Å². The predicted molar refractivity (Wildman–Crippen MR) is 89.7 cm³/mol. The lowest BCUT2D eigenvalue weighted by molar-refractivity contribution is -0.142. The highest BCUT2D eigenvalue weighted by Gasteiger charge is 2.55. The van der Waals surface area contributed by atoms with Crippen molar-refractivity contribution in [3.05, 3.63) is 0 Å². The maximum Gasteiger partial charge on any atom is 0.326 e. The van der Waals surface area contributed by atoms with Gasteiger partial charge in [-0.25, -0.2) is 9.59 Å². The van der Waals surface area contributed by atoms with Gasteiger partial charge in [0, 0.05) is 0 Å². The van der Waals surface area contributed by atoms with Gasteiger partial charge in [-0.1, -0.05) is 39.5 Å². The number of imide groups is 1. The summed E-state index contributed by atoms with van der Waals surface area (Å²) in [4.78, 5) is 49.3. The minimum atomic E-state index is -1.11. The van der Waals surface area contributed by atoms with Crippen LogP contribution in [0.4, 0.5) is 4.79 Å². The van der Waals surface area contributed by atoms with Crippen molar-refractivity contribution in [3.8, 4) is 0 Å². The molecule has 2 rings (SSSR count). The van der Waals surface area contributed by atoms with Gasteiger partial charge in [-0.05, 0) is 25.2 Å². The molecule has 1 aliphatic carbocycles. The second-order valence-electron chi connectivity index (χ2n) is 7.04.